The van der Waals surface area contributed by atoms with E-state index in [2.05, 4.69) is 42.8 Å². The Kier molecular flexibility index (Phi) is 4.73. The monoisotopic (exact) mass is 334 g/mol. The maximum absolute atomic E-state index is 12.8. The zero-order valence-electron chi connectivity index (χ0n) is 13.0. The van der Waals surface area contributed by atoms with Crippen LogP contribution in [0.4, 0.5) is 0 Å². The maximum Gasteiger partial charge on any atom is 0.251 e. The Morgan fingerprint density at radius 3 is 2.64 bits per heavy atom. The van der Waals surface area contributed by atoms with Crippen molar-refractivity contribution in [2.24, 2.45) is 5.92 Å². The van der Waals surface area contributed by atoms with E-state index in [1.54, 1.807) is 11.8 Å². The lowest BCUT2D eigenvalue weighted by Gasteiger charge is -2.27. The first-order valence-corrected chi connectivity index (χ1v) is 9.61. The summed E-state index contributed by atoms with van der Waals surface area (Å²) < 4.78 is 0. The normalized spacial score (nSPS) is 22.8. The van der Waals surface area contributed by atoms with Crippen LogP contribution in [-0.4, -0.2) is 34.0 Å². The summed E-state index contributed by atoms with van der Waals surface area (Å²) in [6.45, 7) is 2.08. The van der Waals surface area contributed by atoms with Gasteiger partial charge in [-0.2, -0.15) is 11.8 Å². The van der Waals surface area contributed by atoms with Crippen LogP contribution in [0.25, 0.3) is 0 Å². The summed E-state index contributed by atoms with van der Waals surface area (Å²) in [5.41, 5.74) is 2.45. The zero-order valence-corrected chi connectivity index (χ0v) is 14.7. The number of hydrogen-bond donors (Lipinski definition) is 1. The lowest BCUT2D eigenvalue weighted by Crippen LogP contribution is -2.36. The quantitative estimate of drug-likeness (QED) is 0.809. The van der Waals surface area contributed by atoms with Crippen LogP contribution in [-0.2, 0) is 4.79 Å². The lowest BCUT2D eigenvalue weighted by atomic mass is 9.99. The fourth-order valence-corrected chi connectivity index (χ4v) is 3.87. The van der Waals surface area contributed by atoms with E-state index in [1.165, 1.54) is 24.0 Å². The Bertz CT molecular complexity index is 569. The van der Waals surface area contributed by atoms with Gasteiger partial charge in [0.15, 0.2) is 5.11 Å². The highest BCUT2D eigenvalue weighted by molar-refractivity contribution is 7.98. The van der Waals surface area contributed by atoms with Gasteiger partial charge in [-0.3, -0.25) is 9.69 Å². The van der Waals surface area contributed by atoms with Gasteiger partial charge in [-0.15, -0.1) is 0 Å². The number of aryl methyl sites for hydroxylation is 1. The number of hydrogen-bond acceptors (Lipinski definition) is 3. The number of benzene rings is 1. The predicted molar refractivity (Wildman–Crippen MR) is 96.0 cm³/mol. The van der Waals surface area contributed by atoms with Crippen molar-refractivity contribution in [3.63, 3.8) is 0 Å². The average Bonchev–Trinajstić information content (AvgIpc) is 3.29. The van der Waals surface area contributed by atoms with Crippen LogP contribution in [0.15, 0.2) is 24.3 Å². The molecule has 1 heterocycles. The molecule has 0 unspecified atom stereocenters. The molecular weight excluding hydrogens is 312 g/mol. The number of carbonyl (C=O) groups is 1. The molecule has 0 bridgehead atoms. The number of thioether (sulfide) groups is 1. The molecule has 1 aromatic rings. The molecule has 0 spiro atoms. The molecule has 1 aliphatic carbocycles. The highest BCUT2D eigenvalue weighted by Gasteiger charge is 2.45. The van der Waals surface area contributed by atoms with E-state index < -0.39 is 0 Å². The average molecular weight is 335 g/mol. The molecule has 1 saturated carbocycles. The highest BCUT2D eigenvalue weighted by Crippen LogP contribution is 2.45. The minimum absolute atomic E-state index is 0.104. The van der Waals surface area contributed by atoms with Gasteiger partial charge >= 0.3 is 0 Å². The van der Waals surface area contributed by atoms with Gasteiger partial charge in [0.2, 0.25) is 0 Å². The summed E-state index contributed by atoms with van der Waals surface area (Å²) in [6, 6.07) is 8.48. The SMILES string of the molecule is CSCC[C@@H]1NC(=S)N([C@@H](c2ccc(C)cc2)C2CC2)C1=O. The fraction of sp³-hybridized carbons (Fsp3) is 0.529. The molecule has 5 heteroatoms. The van der Waals surface area contributed by atoms with Crippen molar-refractivity contribution < 1.29 is 4.79 Å². The molecule has 1 aromatic carbocycles. The maximum atomic E-state index is 12.8. The molecular formula is C17H22N2OS2. The number of amides is 1. The smallest absolute Gasteiger partial charge is 0.251 e. The van der Waals surface area contributed by atoms with Crippen LogP contribution in [0.5, 0.6) is 0 Å². The second kappa shape index (κ2) is 6.59. The fourth-order valence-electron chi connectivity index (χ4n) is 3.05. The molecule has 3 nitrogen and oxygen atoms in total. The zero-order chi connectivity index (χ0) is 15.7. The number of nitrogens with zero attached hydrogens (tertiary/aromatic N) is 1. The second-order valence-corrected chi connectivity index (χ2v) is 7.56. The lowest BCUT2D eigenvalue weighted by molar-refractivity contribution is -0.129. The summed E-state index contributed by atoms with van der Waals surface area (Å²) in [6.07, 6.45) is 5.26. The number of rotatable bonds is 6. The van der Waals surface area contributed by atoms with Crippen LogP contribution < -0.4 is 5.32 Å². The molecule has 118 valence electrons. The van der Waals surface area contributed by atoms with Crippen molar-refractivity contribution in [1.29, 1.82) is 0 Å². The Labute approximate surface area is 141 Å². The van der Waals surface area contributed by atoms with Crippen LogP contribution in [0.1, 0.15) is 36.4 Å². The van der Waals surface area contributed by atoms with E-state index in [4.69, 9.17) is 12.2 Å². The number of carbonyl (C=O) groups excluding carboxylic acids is 1. The van der Waals surface area contributed by atoms with E-state index in [9.17, 15) is 4.79 Å². The third-order valence-corrected chi connectivity index (χ3v) is 5.39. The van der Waals surface area contributed by atoms with Gasteiger partial charge in [-0.05, 0) is 61.9 Å². The summed E-state index contributed by atoms with van der Waals surface area (Å²) in [5.74, 6) is 1.67. The van der Waals surface area contributed by atoms with Crippen molar-refractivity contribution in [3.05, 3.63) is 35.4 Å². The van der Waals surface area contributed by atoms with Crippen molar-refractivity contribution in [2.75, 3.05) is 12.0 Å². The molecule has 1 aliphatic heterocycles. The van der Waals surface area contributed by atoms with Crippen LogP contribution >= 0.6 is 24.0 Å². The largest absolute Gasteiger partial charge is 0.350 e. The third-order valence-electron chi connectivity index (χ3n) is 4.43. The van der Waals surface area contributed by atoms with Gasteiger partial charge < -0.3 is 5.32 Å². The van der Waals surface area contributed by atoms with Gasteiger partial charge in [-0.1, -0.05) is 29.8 Å². The molecule has 2 atom stereocenters. The van der Waals surface area contributed by atoms with Gasteiger partial charge in [0.05, 0.1) is 6.04 Å². The molecule has 0 aromatic heterocycles. The molecule has 2 fully saturated rings. The van der Waals surface area contributed by atoms with E-state index in [1.807, 2.05) is 4.90 Å². The molecule has 1 N–H and O–H groups in total. The molecule has 1 saturated heterocycles. The van der Waals surface area contributed by atoms with Gasteiger partial charge in [0, 0.05) is 0 Å². The van der Waals surface area contributed by atoms with E-state index in [-0.39, 0.29) is 18.0 Å². The van der Waals surface area contributed by atoms with Crippen molar-refractivity contribution in [3.8, 4) is 0 Å². The molecule has 1 amide bonds. The number of thiocarbonyl (C=S) groups is 1. The summed E-state index contributed by atoms with van der Waals surface area (Å²) in [4.78, 5) is 14.7. The third kappa shape index (κ3) is 3.15. The predicted octanol–water partition coefficient (Wildman–Crippen LogP) is 3.28. The number of nitrogens with one attached hydrogen (secondary N) is 1. The topological polar surface area (TPSA) is 32.3 Å². The Hall–Kier alpha value is -1.07. The first-order chi connectivity index (χ1) is 10.6. The van der Waals surface area contributed by atoms with Gasteiger partial charge in [0.1, 0.15) is 6.04 Å². The molecule has 2 aliphatic rings. The van der Waals surface area contributed by atoms with Crippen LogP contribution in [0.3, 0.4) is 0 Å². The van der Waals surface area contributed by atoms with Crippen molar-refractivity contribution in [1.82, 2.24) is 10.2 Å². The van der Waals surface area contributed by atoms with E-state index in [0.29, 0.717) is 11.0 Å². The van der Waals surface area contributed by atoms with Crippen molar-refractivity contribution in [2.45, 2.75) is 38.3 Å². The standard InChI is InChI=1S/C17H22N2OS2/c1-11-3-5-12(6-4-11)15(13-7-8-13)19-16(20)14(9-10-22-2)18-17(19)21/h3-6,13-15H,7-10H2,1-2H3,(H,18,21)/t14-,15-/m0/s1. The molecule has 3 rings (SSSR count). The Morgan fingerprint density at radius 1 is 1.36 bits per heavy atom. The Balaban J connectivity index is 1.84. The van der Waals surface area contributed by atoms with Crippen LogP contribution in [0.2, 0.25) is 0 Å². The van der Waals surface area contributed by atoms with Gasteiger partial charge in [0.25, 0.3) is 5.91 Å². The summed E-state index contributed by atoms with van der Waals surface area (Å²) in [7, 11) is 0. The summed E-state index contributed by atoms with van der Waals surface area (Å²) >= 11 is 7.25. The minimum atomic E-state index is -0.147. The second-order valence-electron chi connectivity index (χ2n) is 6.18. The highest BCUT2D eigenvalue weighted by atomic mass is 32.2. The Morgan fingerprint density at radius 2 is 2.05 bits per heavy atom. The minimum Gasteiger partial charge on any atom is -0.350 e. The summed E-state index contributed by atoms with van der Waals surface area (Å²) in [5, 5.41) is 3.83. The first-order valence-electron chi connectivity index (χ1n) is 7.81. The van der Waals surface area contributed by atoms with Crippen LogP contribution in [0, 0.1) is 12.8 Å². The van der Waals surface area contributed by atoms with E-state index >= 15 is 0 Å². The van der Waals surface area contributed by atoms with Crippen molar-refractivity contribution >= 4 is 35.0 Å². The molecule has 0 radical (unpaired) electrons. The van der Waals surface area contributed by atoms with Gasteiger partial charge in [-0.25, -0.2) is 0 Å². The molecule has 22 heavy (non-hydrogen) atoms. The van der Waals surface area contributed by atoms with E-state index in [0.717, 1.165) is 12.2 Å². The first kappa shape index (κ1) is 15.8.